The van der Waals surface area contributed by atoms with Crippen LogP contribution in [0.1, 0.15) is 44.7 Å². The Morgan fingerprint density at radius 3 is 2.86 bits per heavy atom. The van der Waals surface area contributed by atoms with Gasteiger partial charge < -0.3 is 4.90 Å². The van der Waals surface area contributed by atoms with Crippen LogP contribution in [0, 0.1) is 6.07 Å². The Labute approximate surface area is 130 Å². The smallest absolute Gasteiger partial charge is 0.224 e. The van der Waals surface area contributed by atoms with Gasteiger partial charge in [0.1, 0.15) is 0 Å². The number of carbonyl (C=O) groups excluding carboxylic acids is 1. The van der Waals surface area contributed by atoms with E-state index >= 15 is 0 Å². The molecule has 0 saturated heterocycles. The average molecular weight is 294 g/mol. The molecule has 4 heteroatoms. The lowest BCUT2D eigenvalue weighted by Crippen LogP contribution is -2.40. The Balaban J connectivity index is 1.70. The van der Waals surface area contributed by atoms with Gasteiger partial charge in [0.2, 0.25) is 5.91 Å². The minimum absolute atomic E-state index is 0.108. The Hall–Kier alpha value is -2.10. The molecular weight excluding hydrogens is 274 g/mol. The van der Waals surface area contributed by atoms with E-state index in [9.17, 15) is 4.79 Å². The fourth-order valence-corrected chi connectivity index (χ4v) is 3.33. The van der Waals surface area contributed by atoms with Gasteiger partial charge in [0, 0.05) is 30.4 Å². The molecule has 1 atom stereocenters. The molecule has 1 aromatic carbocycles. The second kappa shape index (κ2) is 4.97. The molecule has 0 spiro atoms. The van der Waals surface area contributed by atoms with Crippen LogP contribution in [-0.2, 0) is 11.2 Å². The van der Waals surface area contributed by atoms with Crippen LogP contribution in [0.25, 0.3) is 11.1 Å². The van der Waals surface area contributed by atoms with E-state index in [0.717, 1.165) is 35.2 Å². The molecule has 1 saturated carbocycles. The van der Waals surface area contributed by atoms with Gasteiger partial charge in [-0.25, -0.2) is 0 Å². The number of aromatic nitrogens is 2. The third-order valence-corrected chi connectivity index (χ3v) is 4.69. The number of rotatable bonds is 2. The van der Waals surface area contributed by atoms with Gasteiger partial charge in [-0.1, -0.05) is 6.07 Å². The molecule has 2 aliphatic rings. The number of carbonyl (C=O) groups is 1. The maximum absolute atomic E-state index is 11.9. The molecule has 1 unspecified atom stereocenters. The zero-order valence-electron chi connectivity index (χ0n) is 13.0. The Bertz CT molecular complexity index is 730. The Morgan fingerprint density at radius 1 is 1.32 bits per heavy atom. The molecule has 1 aromatic heterocycles. The van der Waals surface area contributed by atoms with Gasteiger partial charge in [-0.15, -0.1) is 0 Å². The number of amides is 1. The average Bonchev–Trinajstić information content (AvgIpc) is 3.24. The van der Waals surface area contributed by atoms with Crippen molar-refractivity contribution < 1.29 is 4.79 Å². The third-order valence-electron chi connectivity index (χ3n) is 4.69. The second-order valence-corrected chi connectivity index (χ2v) is 6.45. The second-order valence-electron chi connectivity index (χ2n) is 6.45. The zero-order valence-corrected chi connectivity index (χ0v) is 13.0. The molecule has 1 aliphatic heterocycles. The van der Waals surface area contributed by atoms with Crippen LogP contribution in [0.3, 0.4) is 0 Å². The van der Waals surface area contributed by atoms with Gasteiger partial charge >= 0.3 is 0 Å². The summed E-state index contributed by atoms with van der Waals surface area (Å²) in [5, 5.41) is 4.45. The lowest BCUT2D eigenvalue weighted by atomic mass is 9.94. The fraction of sp³-hybridized carbons (Fsp3) is 0.444. The molecule has 2 heterocycles. The normalized spacial score (nSPS) is 20.8. The first-order valence-corrected chi connectivity index (χ1v) is 8.03. The lowest BCUT2D eigenvalue weighted by Gasteiger charge is -2.34. The van der Waals surface area contributed by atoms with Crippen molar-refractivity contribution in [2.24, 2.45) is 0 Å². The molecule has 22 heavy (non-hydrogen) atoms. The Kier molecular flexibility index (Phi) is 3.06. The van der Waals surface area contributed by atoms with Crippen LogP contribution in [0.2, 0.25) is 0 Å². The van der Waals surface area contributed by atoms with Gasteiger partial charge in [-0.3, -0.25) is 9.48 Å². The summed E-state index contributed by atoms with van der Waals surface area (Å²) >= 11 is 0. The summed E-state index contributed by atoms with van der Waals surface area (Å²) in [6.07, 6.45) is 8.48. The molecule has 4 rings (SSSR count). The van der Waals surface area contributed by atoms with Crippen molar-refractivity contribution in [2.75, 3.05) is 4.90 Å². The van der Waals surface area contributed by atoms with Crippen LogP contribution < -0.4 is 4.90 Å². The van der Waals surface area contributed by atoms with Gasteiger partial charge in [0.25, 0.3) is 0 Å². The van der Waals surface area contributed by atoms with Crippen LogP contribution >= 0.6 is 0 Å². The number of nitrogens with zero attached hydrogens (tertiary/aromatic N) is 3. The first-order valence-electron chi connectivity index (χ1n) is 8.03. The molecule has 1 aliphatic carbocycles. The number of fused-ring (bicyclic) bond motifs is 1. The molecule has 4 nitrogen and oxygen atoms in total. The molecule has 1 radical (unpaired) electrons. The van der Waals surface area contributed by atoms with Crippen LogP contribution in [0.4, 0.5) is 5.69 Å². The van der Waals surface area contributed by atoms with Gasteiger partial charge in [-0.2, -0.15) is 5.10 Å². The van der Waals surface area contributed by atoms with Crippen LogP contribution in [0.15, 0.2) is 24.5 Å². The molecule has 0 bridgehead atoms. The van der Waals surface area contributed by atoms with Crippen molar-refractivity contribution in [1.29, 1.82) is 0 Å². The highest BCUT2D eigenvalue weighted by Gasteiger charge is 2.27. The highest BCUT2D eigenvalue weighted by atomic mass is 16.2. The highest BCUT2D eigenvalue weighted by Crippen LogP contribution is 2.36. The summed E-state index contributed by atoms with van der Waals surface area (Å²) < 4.78 is 2.06. The number of aryl methyl sites for hydroxylation is 1. The first kappa shape index (κ1) is 13.6. The van der Waals surface area contributed by atoms with Gasteiger partial charge in [0.05, 0.1) is 12.2 Å². The number of hydrogen-bond donors (Lipinski definition) is 0. The predicted octanol–water partition coefficient (Wildman–Crippen LogP) is 3.37. The van der Waals surface area contributed by atoms with E-state index in [1.54, 1.807) is 6.92 Å². The molecule has 1 amide bonds. The molecule has 113 valence electrons. The van der Waals surface area contributed by atoms with E-state index in [1.807, 2.05) is 11.1 Å². The maximum Gasteiger partial charge on any atom is 0.224 e. The fourth-order valence-electron chi connectivity index (χ4n) is 3.33. The summed E-state index contributed by atoms with van der Waals surface area (Å²) in [5.41, 5.74) is 4.35. The van der Waals surface area contributed by atoms with E-state index < -0.39 is 0 Å². The van der Waals surface area contributed by atoms with Crippen molar-refractivity contribution in [3.05, 3.63) is 36.2 Å². The van der Waals surface area contributed by atoms with Crippen molar-refractivity contribution in [3.8, 4) is 11.1 Å². The monoisotopic (exact) mass is 294 g/mol. The minimum atomic E-state index is 0.108. The Morgan fingerprint density at radius 2 is 2.14 bits per heavy atom. The topological polar surface area (TPSA) is 38.1 Å². The van der Waals surface area contributed by atoms with E-state index in [2.05, 4.69) is 41.1 Å². The lowest BCUT2D eigenvalue weighted by molar-refractivity contribution is -0.117. The zero-order chi connectivity index (χ0) is 15.3. The van der Waals surface area contributed by atoms with E-state index in [0.29, 0.717) is 6.04 Å². The van der Waals surface area contributed by atoms with Crippen LogP contribution in [0.5, 0.6) is 0 Å². The molecule has 2 aromatic rings. The number of benzene rings is 1. The van der Waals surface area contributed by atoms with Gasteiger partial charge in [0.15, 0.2) is 0 Å². The standard InChI is InChI=1S/C18H20N3O/c1-12-3-4-15-9-14(5-8-18(15)21(12)13(2)22)16-10-19-20(11-16)17-6-7-17/h5,8,10-12,17H,3-4,6-7H2,1-2H3. The predicted molar refractivity (Wildman–Crippen MR) is 85.7 cm³/mol. The summed E-state index contributed by atoms with van der Waals surface area (Å²) in [4.78, 5) is 13.8. The summed E-state index contributed by atoms with van der Waals surface area (Å²) in [6, 6.07) is 8.49. The maximum atomic E-state index is 11.9. The number of hydrogen-bond acceptors (Lipinski definition) is 2. The summed E-state index contributed by atoms with van der Waals surface area (Å²) in [5.74, 6) is 0.108. The quantitative estimate of drug-likeness (QED) is 0.851. The van der Waals surface area contributed by atoms with E-state index in [1.165, 1.54) is 12.8 Å². The van der Waals surface area contributed by atoms with E-state index in [4.69, 9.17) is 0 Å². The highest BCUT2D eigenvalue weighted by molar-refractivity contribution is 5.93. The summed E-state index contributed by atoms with van der Waals surface area (Å²) in [6.45, 7) is 3.75. The number of anilines is 1. The third kappa shape index (κ3) is 2.23. The van der Waals surface area contributed by atoms with Gasteiger partial charge in [-0.05, 0) is 55.9 Å². The molecule has 0 N–H and O–H groups in total. The SMILES string of the molecule is CC(=O)N1c2ccc(-c3cnn(C4CC4)c3)[c]c2CCC1C. The van der Waals surface area contributed by atoms with Crippen molar-refractivity contribution in [2.45, 2.75) is 51.6 Å². The van der Waals surface area contributed by atoms with Crippen molar-refractivity contribution >= 4 is 11.6 Å². The van der Waals surface area contributed by atoms with Crippen LogP contribution in [-0.4, -0.2) is 21.7 Å². The minimum Gasteiger partial charge on any atom is -0.310 e. The van der Waals surface area contributed by atoms with Crippen molar-refractivity contribution in [1.82, 2.24) is 9.78 Å². The first-order chi connectivity index (χ1) is 10.6. The largest absolute Gasteiger partial charge is 0.310 e. The summed E-state index contributed by atoms with van der Waals surface area (Å²) in [7, 11) is 0. The van der Waals surface area contributed by atoms with Crippen molar-refractivity contribution in [3.63, 3.8) is 0 Å². The molecule has 1 fully saturated rings. The van der Waals surface area contributed by atoms with E-state index in [-0.39, 0.29) is 11.9 Å². The molecular formula is C18H20N3O.